The van der Waals surface area contributed by atoms with E-state index in [1.807, 2.05) is 62.4 Å². The van der Waals surface area contributed by atoms with Crippen LogP contribution in [0.2, 0.25) is 0 Å². The highest BCUT2D eigenvalue weighted by molar-refractivity contribution is 9.10. The van der Waals surface area contributed by atoms with Crippen molar-refractivity contribution in [2.45, 2.75) is 20.5 Å². The van der Waals surface area contributed by atoms with E-state index in [9.17, 15) is 4.79 Å². The van der Waals surface area contributed by atoms with Crippen LogP contribution in [0.25, 0.3) is 0 Å². The number of benzene rings is 2. The van der Waals surface area contributed by atoms with Crippen molar-refractivity contribution < 1.29 is 9.53 Å². The Morgan fingerprint density at radius 2 is 1.90 bits per heavy atom. The highest BCUT2D eigenvalue weighted by Gasteiger charge is 2.08. The van der Waals surface area contributed by atoms with Crippen LogP contribution in [0.3, 0.4) is 0 Å². The van der Waals surface area contributed by atoms with E-state index in [0.717, 1.165) is 15.7 Å². The largest absolute Gasteiger partial charge is 0.489 e. The fourth-order valence-electron chi connectivity index (χ4n) is 1.75. The zero-order valence-corrected chi connectivity index (χ0v) is 13.7. The molecule has 0 saturated carbocycles. The molecule has 21 heavy (non-hydrogen) atoms. The van der Waals surface area contributed by atoms with Crippen molar-refractivity contribution in [1.29, 1.82) is 0 Å². The monoisotopic (exact) mass is 347 g/mol. The third-order valence-corrected chi connectivity index (χ3v) is 3.37. The molecule has 0 unspecified atom stereocenters. The summed E-state index contributed by atoms with van der Waals surface area (Å²) >= 11 is 3.43. The number of carbonyl (C=O) groups is 1. The maximum absolute atomic E-state index is 11.7. The minimum Gasteiger partial charge on any atom is -0.489 e. The fraction of sp³-hybridized carbons (Fsp3) is 0.235. The van der Waals surface area contributed by atoms with E-state index in [2.05, 4.69) is 21.2 Å². The van der Waals surface area contributed by atoms with Crippen LogP contribution in [0.1, 0.15) is 19.4 Å². The highest BCUT2D eigenvalue weighted by Crippen LogP contribution is 2.25. The van der Waals surface area contributed by atoms with Crippen molar-refractivity contribution in [2.24, 2.45) is 5.92 Å². The fourth-order valence-corrected chi connectivity index (χ4v) is 2.22. The number of hydrogen-bond donors (Lipinski definition) is 1. The predicted octanol–water partition coefficient (Wildman–Crippen LogP) is 4.62. The van der Waals surface area contributed by atoms with Crippen molar-refractivity contribution in [3.05, 3.63) is 58.6 Å². The lowest BCUT2D eigenvalue weighted by atomic mass is 10.2. The lowest BCUT2D eigenvalue weighted by molar-refractivity contribution is -0.118. The van der Waals surface area contributed by atoms with Gasteiger partial charge in [0.05, 0.1) is 0 Å². The topological polar surface area (TPSA) is 38.3 Å². The maximum atomic E-state index is 11.7. The molecular weight excluding hydrogens is 330 g/mol. The Labute approximate surface area is 133 Å². The van der Waals surface area contributed by atoms with Gasteiger partial charge in [-0.25, -0.2) is 0 Å². The molecule has 2 aromatic carbocycles. The highest BCUT2D eigenvalue weighted by atomic mass is 79.9. The molecule has 0 radical (unpaired) electrons. The average Bonchev–Trinajstić information content (AvgIpc) is 2.45. The Morgan fingerprint density at radius 1 is 1.19 bits per heavy atom. The van der Waals surface area contributed by atoms with Crippen LogP contribution in [0.5, 0.6) is 5.75 Å². The molecule has 0 atom stereocenters. The summed E-state index contributed by atoms with van der Waals surface area (Å²) in [6.45, 7) is 4.22. The molecule has 2 rings (SSSR count). The molecule has 2 aromatic rings. The van der Waals surface area contributed by atoms with Crippen LogP contribution >= 0.6 is 15.9 Å². The van der Waals surface area contributed by atoms with Crippen LogP contribution in [0.4, 0.5) is 5.69 Å². The summed E-state index contributed by atoms with van der Waals surface area (Å²) in [7, 11) is 0. The van der Waals surface area contributed by atoms with Crippen LogP contribution in [0.15, 0.2) is 53.0 Å². The molecule has 0 fully saturated rings. The molecule has 0 aliphatic rings. The van der Waals surface area contributed by atoms with E-state index in [1.165, 1.54) is 0 Å². The number of carbonyl (C=O) groups excluding carboxylic acids is 1. The second kappa shape index (κ2) is 7.27. The summed E-state index contributed by atoms with van der Waals surface area (Å²) in [6, 6.07) is 15.5. The first kappa shape index (κ1) is 15.6. The minimum atomic E-state index is -0.0577. The molecule has 1 amide bonds. The van der Waals surface area contributed by atoms with Gasteiger partial charge < -0.3 is 10.1 Å². The smallest absolute Gasteiger partial charge is 0.226 e. The SMILES string of the molecule is CC(C)C(=O)Nc1cc(Br)cc(OCc2ccccc2)c1. The number of amides is 1. The Morgan fingerprint density at radius 3 is 2.57 bits per heavy atom. The number of nitrogens with one attached hydrogen (secondary N) is 1. The molecule has 1 N–H and O–H groups in total. The van der Waals surface area contributed by atoms with Gasteiger partial charge in [-0.1, -0.05) is 60.1 Å². The second-order valence-corrected chi connectivity index (χ2v) is 6.01. The summed E-state index contributed by atoms with van der Waals surface area (Å²) in [5.41, 5.74) is 1.83. The van der Waals surface area contributed by atoms with Gasteiger partial charge in [-0.3, -0.25) is 4.79 Å². The zero-order chi connectivity index (χ0) is 15.2. The summed E-state index contributed by atoms with van der Waals surface area (Å²) in [5.74, 6) is 0.645. The van der Waals surface area contributed by atoms with E-state index in [0.29, 0.717) is 12.4 Å². The Hall–Kier alpha value is -1.81. The maximum Gasteiger partial charge on any atom is 0.226 e. The Bertz CT molecular complexity index is 611. The summed E-state index contributed by atoms with van der Waals surface area (Å²) in [4.78, 5) is 11.7. The van der Waals surface area contributed by atoms with Crippen molar-refractivity contribution in [3.8, 4) is 5.75 Å². The van der Waals surface area contributed by atoms with E-state index >= 15 is 0 Å². The normalized spacial score (nSPS) is 10.5. The first-order valence-electron chi connectivity index (χ1n) is 6.83. The zero-order valence-electron chi connectivity index (χ0n) is 12.1. The van der Waals surface area contributed by atoms with E-state index in [1.54, 1.807) is 0 Å². The third-order valence-electron chi connectivity index (χ3n) is 2.91. The molecule has 3 nitrogen and oxygen atoms in total. The number of anilines is 1. The number of halogens is 1. The van der Waals surface area contributed by atoms with Gasteiger partial charge in [-0.2, -0.15) is 0 Å². The first-order valence-corrected chi connectivity index (χ1v) is 7.62. The van der Waals surface area contributed by atoms with Gasteiger partial charge in [-0.15, -0.1) is 0 Å². The molecule has 0 aliphatic heterocycles. The van der Waals surface area contributed by atoms with Crippen molar-refractivity contribution in [3.63, 3.8) is 0 Å². The van der Waals surface area contributed by atoms with Crippen LogP contribution < -0.4 is 10.1 Å². The van der Waals surface area contributed by atoms with Crippen LogP contribution in [-0.4, -0.2) is 5.91 Å². The molecular formula is C17H18BrNO2. The van der Waals surface area contributed by atoms with Crippen molar-refractivity contribution in [2.75, 3.05) is 5.32 Å². The summed E-state index contributed by atoms with van der Waals surface area (Å²) in [6.07, 6.45) is 0. The molecule has 0 saturated heterocycles. The molecule has 0 bridgehead atoms. The predicted molar refractivity (Wildman–Crippen MR) is 88.4 cm³/mol. The van der Waals surface area contributed by atoms with Crippen molar-refractivity contribution in [1.82, 2.24) is 0 Å². The average molecular weight is 348 g/mol. The summed E-state index contributed by atoms with van der Waals surface area (Å²) < 4.78 is 6.64. The lowest BCUT2D eigenvalue weighted by Crippen LogP contribution is -2.17. The summed E-state index contributed by atoms with van der Waals surface area (Å²) in [5, 5.41) is 2.87. The van der Waals surface area contributed by atoms with Gasteiger partial charge >= 0.3 is 0 Å². The molecule has 0 heterocycles. The van der Waals surface area contributed by atoms with Gasteiger partial charge in [-0.05, 0) is 17.7 Å². The molecule has 0 aromatic heterocycles. The van der Waals surface area contributed by atoms with Gasteiger partial charge in [0.15, 0.2) is 0 Å². The van der Waals surface area contributed by atoms with Gasteiger partial charge in [0.1, 0.15) is 12.4 Å². The minimum absolute atomic E-state index is 0.0119. The molecule has 0 aliphatic carbocycles. The quantitative estimate of drug-likeness (QED) is 0.856. The Kier molecular flexibility index (Phi) is 5.39. The van der Waals surface area contributed by atoms with E-state index in [-0.39, 0.29) is 11.8 Å². The lowest BCUT2D eigenvalue weighted by Gasteiger charge is -2.11. The number of rotatable bonds is 5. The molecule has 4 heteroatoms. The second-order valence-electron chi connectivity index (χ2n) is 5.09. The molecule has 0 spiro atoms. The van der Waals surface area contributed by atoms with Crippen molar-refractivity contribution >= 4 is 27.5 Å². The first-order chi connectivity index (χ1) is 10.0. The Balaban J connectivity index is 2.06. The van der Waals surface area contributed by atoms with Crippen LogP contribution in [-0.2, 0) is 11.4 Å². The number of hydrogen-bond acceptors (Lipinski definition) is 2. The van der Waals surface area contributed by atoms with Crippen LogP contribution in [0, 0.1) is 5.92 Å². The number of ether oxygens (including phenoxy) is 1. The van der Waals surface area contributed by atoms with E-state index < -0.39 is 0 Å². The molecule has 110 valence electrons. The van der Waals surface area contributed by atoms with E-state index in [4.69, 9.17) is 4.74 Å². The van der Waals surface area contributed by atoms with Gasteiger partial charge in [0.2, 0.25) is 5.91 Å². The standard InChI is InChI=1S/C17H18BrNO2/c1-12(2)17(20)19-15-8-14(18)9-16(10-15)21-11-13-6-4-3-5-7-13/h3-10,12H,11H2,1-2H3,(H,19,20). The third kappa shape index (κ3) is 4.90. The van der Waals surface area contributed by atoms with Gasteiger partial charge in [0, 0.05) is 22.1 Å². The van der Waals surface area contributed by atoms with Gasteiger partial charge in [0.25, 0.3) is 0 Å².